The van der Waals surface area contributed by atoms with E-state index in [1.165, 1.54) is 7.11 Å². The zero-order valence-corrected chi connectivity index (χ0v) is 36.3. The summed E-state index contributed by atoms with van der Waals surface area (Å²) in [5.74, 6) is 0.978. The Morgan fingerprint density at radius 1 is 0.651 bits per heavy atom. The van der Waals surface area contributed by atoms with Gasteiger partial charge in [-0.25, -0.2) is 19.6 Å². The van der Waals surface area contributed by atoms with E-state index in [1.54, 1.807) is 18.7 Å². The second kappa shape index (κ2) is 18.6. The van der Waals surface area contributed by atoms with E-state index in [9.17, 15) is 19.2 Å². The highest BCUT2D eigenvalue weighted by atomic mass is 16.6. The number of rotatable bonds is 12. The first-order chi connectivity index (χ1) is 30.5. The average Bonchev–Trinajstić information content (AvgIpc) is 4.14. The van der Waals surface area contributed by atoms with E-state index >= 15 is 0 Å². The van der Waals surface area contributed by atoms with Gasteiger partial charge in [0, 0.05) is 18.7 Å². The van der Waals surface area contributed by atoms with Crippen molar-refractivity contribution in [2.75, 3.05) is 20.2 Å². The Labute approximate surface area is 366 Å². The molecule has 0 radical (unpaired) electrons. The van der Waals surface area contributed by atoms with Crippen molar-refractivity contribution in [1.29, 1.82) is 0 Å². The lowest BCUT2D eigenvalue weighted by atomic mass is 9.98. The van der Waals surface area contributed by atoms with Crippen LogP contribution in [0.15, 0.2) is 103 Å². The number of carbonyl (C=O) groups is 4. The molecule has 63 heavy (non-hydrogen) atoms. The number of benzene rings is 4. The van der Waals surface area contributed by atoms with Crippen LogP contribution in [0.5, 0.6) is 0 Å². The zero-order chi connectivity index (χ0) is 44.2. The fraction of sp³-hybridized carbons (Fsp3) is 0.347. The Kier molecular flexibility index (Phi) is 12.6. The molecule has 0 aliphatic carbocycles. The van der Waals surface area contributed by atoms with Gasteiger partial charge in [-0.1, -0.05) is 92.7 Å². The summed E-state index contributed by atoms with van der Waals surface area (Å²) < 4.78 is 10.1. The van der Waals surface area contributed by atoms with Gasteiger partial charge in [-0.3, -0.25) is 9.59 Å². The maximum absolute atomic E-state index is 14.1. The fourth-order valence-corrected chi connectivity index (χ4v) is 8.71. The van der Waals surface area contributed by atoms with E-state index in [-0.39, 0.29) is 35.9 Å². The van der Waals surface area contributed by atoms with Crippen molar-refractivity contribution in [1.82, 2.24) is 40.4 Å². The molecule has 2 aliphatic rings. The number of hydrogen-bond acceptors (Lipinski definition) is 8. The van der Waals surface area contributed by atoms with Crippen LogP contribution in [0, 0.1) is 5.92 Å². The molecule has 6 aromatic rings. The van der Waals surface area contributed by atoms with E-state index in [1.807, 2.05) is 61.5 Å². The van der Waals surface area contributed by atoms with Gasteiger partial charge < -0.3 is 39.9 Å². The SMILES string of the molecule is COC(=O)NC(C(=O)N1CCC[C@H]1c1ncc(-c2ccc3cc(-c4ccc(-c5cnc([C@@H]6CCCN6C(=O)[C@H](NC(=O)OC(C)C)c6ccccc6)[nH]5)cc4)ccc3c2)[nH]1)C(C)C. The predicted molar refractivity (Wildman–Crippen MR) is 240 cm³/mol. The minimum absolute atomic E-state index is 0.109. The Morgan fingerprint density at radius 2 is 1.19 bits per heavy atom. The normalized spacial score (nSPS) is 17.3. The molecule has 1 unspecified atom stereocenters. The number of aromatic amines is 2. The van der Waals surface area contributed by atoms with Crippen molar-refractivity contribution in [3.05, 3.63) is 121 Å². The van der Waals surface area contributed by atoms with Crippen LogP contribution >= 0.6 is 0 Å². The van der Waals surface area contributed by atoms with Gasteiger partial charge in [0.15, 0.2) is 0 Å². The molecule has 2 aliphatic heterocycles. The average molecular weight is 851 g/mol. The first-order valence-electron chi connectivity index (χ1n) is 21.7. The van der Waals surface area contributed by atoms with Crippen LogP contribution < -0.4 is 10.6 Å². The van der Waals surface area contributed by atoms with Crippen molar-refractivity contribution in [3.8, 4) is 33.6 Å². The van der Waals surface area contributed by atoms with Crippen molar-refractivity contribution in [2.45, 2.75) is 83.6 Å². The highest BCUT2D eigenvalue weighted by Gasteiger charge is 2.39. The van der Waals surface area contributed by atoms with Crippen molar-refractivity contribution in [3.63, 3.8) is 0 Å². The lowest BCUT2D eigenvalue weighted by Crippen LogP contribution is -2.51. The molecular formula is C49H54N8O6. The second-order valence-corrected chi connectivity index (χ2v) is 16.9. The van der Waals surface area contributed by atoms with Gasteiger partial charge in [-0.15, -0.1) is 0 Å². The van der Waals surface area contributed by atoms with Gasteiger partial charge in [0.05, 0.1) is 49.1 Å². The number of nitrogens with one attached hydrogen (secondary N) is 4. The number of nitrogens with zero attached hydrogens (tertiary/aromatic N) is 4. The number of H-pyrrole nitrogens is 2. The van der Waals surface area contributed by atoms with Crippen LogP contribution in [0.3, 0.4) is 0 Å². The first kappa shape index (κ1) is 42.7. The third-order valence-electron chi connectivity index (χ3n) is 12.0. The molecule has 2 aromatic heterocycles. The van der Waals surface area contributed by atoms with E-state index in [2.05, 4.69) is 81.3 Å². The highest BCUT2D eigenvalue weighted by Crippen LogP contribution is 2.36. The maximum atomic E-state index is 14.1. The molecule has 14 heteroatoms. The van der Waals surface area contributed by atoms with Gasteiger partial charge in [0.2, 0.25) is 5.91 Å². The standard InChI is InChI=1S/C49H54N8O6/c1-29(2)42(54-48(60)62-5)46(58)56-23-9-13-40(56)45-51-28-39(53-45)37-22-21-35-25-34(19-20-36(35)26-37)31-15-17-32(18-16-31)38-27-50-44(52-38)41-14-10-24-57(41)47(59)43(33-11-7-6-8-12-33)55-49(61)63-30(3)4/h6-8,11-12,15-22,25-30,40-43H,9-10,13-14,23-24H2,1-5H3,(H,50,52)(H,51,53)(H,54,60)(H,55,61)/t40-,41-,42?,43+/m0/s1. The summed E-state index contributed by atoms with van der Waals surface area (Å²) in [6.07, 6.45) is 5.24. The third kappa shape index (κ3) is 9.30. The number of ether oxygens (including phenoxy) is 2. The molecule has 0 bridgehead atoms. The van der Waals surface area contributed by atoms with Crippen molar-refractivity contribution in [2.24, 2.45) is 5.92 Å². The molecule has 2 saturated heterocycles. The Balaban J connectivity index is 0.939. The molecule has 0 spiro atoms. The second-order valence-electron chi connectivity index (χ2n) is 16.9. The minimum Gasteiger partial charge on any atom is -0.453 e. The molecule has 326 valence electrons. The predicted octanol–water partition coefficient (Wildman–Crippen LogP) is 8.87. The molecule has 4 aromatic carbocycles. The molecule has 8 rings (SSSR count). The van der Waals surface area contributed by atoms with Crippen LogP contribution in [0.2, 0.25) is 0 Å². The number of methoxy groups -OCH3 is 1. The molecule has 4 heterocycles. The van der Waals surface area contributed by atoms with Crippen LogP contribution in [-0.4, -0.2) is 86.1 Å². The molecule has 4 atom stereocenters. The quantitative estimate of drug-likeness (QED) is 0.0945. The summed E-state index contributed by atoms with van der Waals surface area (Å²) in [7, 11) is 1.29. The van der Waals surface area contributed by atoms with Gasteiger partial charge >= 0.3 is 12.2 Å². The van der Waals surface area contributed by atoms with Crippen molar-refractivity contribution >= 4 is 34.8 Å². The van der Waals surface area contributed by atoms with E-state index < -0.39 is 24.3 Å². The number of imidazole rings is 2. The summed E-state index contributed by atoms with van der Waals surface area (Å²) in [6.45, 7) is 8.49. The molecular weight excluding hydrogens is 797 g/mol. The molecule has 4 amide bonds. The summed E-state index contributed by atoms with van der Waals surface area (Å²) in [4.78, 5) is 72.4. The number of aromatic nitrogens is 4. The lowest BCUT2D eigenvalue weighted by Gasteiger charge is -2.30. The third-order valence-corrected chi connectivity index (χ3v) is 12.0. The van der Waals surface area contributed by atoms with E-state index in [0.29, 0.717) is 24.5 Å². The molecule has 4 N–H and O–H groups in total. The number of carbonyl (C=O) groups excluding carboxylic acids is 4. The number of amides is 4. The lowest BCUT2D eigenvalue weighted by molar-refractivity contribution is -0.136. The van der Waals surface area contributed by atoms with Gasteiger partial charge in [0.25, 0.3) is 5.91 Å². The summed E-state index contributed by atoms with van der Waals surface area (Å²) >= 11 is 0. The number of hydrogen-bond donors (Lipinski definition) is 4. The van der Waals surface area contributed by atoms with Crippen LogP contribution in [-0.2, 0) is 19.1 Å². The maximum Gasteiger partial charge on any atom is 0.408 e. The Hall–Kier alpha value is -6.96. The monoisotopic (exact) mass is 850 g/mol. The largest absolute Gasteiger partial charge is 0.453 e. The molecule has 0 saturated carbocycles. The van der Waals surface area contributed by atoms with Gasteiger partial charge in [0.1, 0.15) is 23.7 Å². The highest BCUT2D eigenvalue weighted by molar-refractivity contribution is 5.91. The Morgan fingerprint density at radius 3 is 1.78 bits per heavy atom. The Bertz CT molecular complexity index is 2590. The first-order valence-corrected chi connectivity index (χ1v) is 21.7. The van der Waals surface area contributed by atoms with E-state index in [4.69, 9.17) is 19.4 Å². The summed E-state index contributed by atoms with van der Waals surface area (Å²) in [5, 5.41) is 7.69. The number of likely N-dealkylation sites (tertiary alicyclic amines) is 2. The van der Waals surface area contributed by atoms with Crippen LogP contribution in [0.4, 0.5) is 9.59 Å². The van der Waals surface area contributed by atoms with Crippen molar-refractivity contribution < 1.29 is 28.7 Å². The topological polar surface area (TPSA) is 175 Å². The smallest absolute Gasteiger partial charge is 0.408 e. The van der Waals surface area contributed by atoms with E-state index in [0.717, 1.165) is 75.9 Å². The molecule has 14 nitrogen and oxygen atoms in total. The summed E-state index contributed by atoms with van der Waals surface area (Å²) in [5.41, 5.74) is 6.52. The van der Waals surface area contributed by atoms with Crippen LogP contribution in [0.1, 0.15) is 88.7 Å². The van der Waals surface area contributed by atoms with Gasteiger partial charge in [-0.05, 0) is 90.6 Å². The minimum atomic E-state index is -0.890. The summed E-state index contributed by atoms with van der Waals surface area (Å²) in [6, 6.07) is 28.3. The van der Waals surface area contributed by atoms with Gasteiger partial charge in [-0.2, -0.15) is 0 Å². The zero-order valence-electron chi connectivity index (χ0n) is 36.3. The number of alkyl carbamates (subject to hydrolysis) is 2. The van der Waals surface area contributed by atoms with Crippen LogP contribution in [0.25, 0.3) is 44.4 Å². The fourth-order valence-electron chi connectivity index (χ4n) is 8.71. The molecule has 2 fully saturated rings. The number of fused-ring (bicyclic) bond motifs is 1.